The summed E-state index contributed by atoms with van der Waals surface area (Å²) in [6, 6.07) is 7.49. The summed E-state index contributed by atoms with van der Waals surface area (Å²) in [6.07, 6.45) is 3.35. The fourth-order valence-electron chi connectivity index (χ4n) is 3.54. The van der Waals surface area contributed by atoms with Crippen LogP contribution in [-0.2, 0) is 27.2 Å². The van der Waals surface area contributed by atoms with Gasteiger partial charge in [0.05, 0.1) is 0 Å². The van der Waals surface area contributed by atoms with Gasteiger partial charge in [0.2, 0.25) is 11.8 Å². The number of hydrogen-bond donors (Lipinski definition) is 4. The van der Waals surface area contributed by atoms with Crippen LogP contribution in [0, 0.1) is 0 Å². The fourth-order valence-corrected chi connectivity index (χ4v) is 3.54. The van der Waals surface area contributed by atoms with Crippen molar-refractivity contribution in [2.45, 2.75) is 45.6 Å². The Bertz CT molecular complexity index is 1120. The lowest BCUT2D eigenvalue weighted by molar-refractivity contribution is -0.121. The first-order chi connectivity index (χ1) is 16.1. The van der Waals surface area contributed by atoms with Crippen LogP contribution in [0.3, 0.4) is 0 Å². The summed E-state index contributed by atoms with van der Waals surface area (Å²) in [5.41, 5.74) is 11.2. The molecule has 1 aromatic carbocycles. The Labute approximate surface area is 197 Å². The maximum Gasteiger partial charge on any atom is 0.293 e. The van der Waals surface area contributed by atoms with E-state index in [1.54, 1.807) is 30.3 Å². The van der Waals surface area contributed by atoms with Gasteiger partial charge in [0.25, 0.3) is 5.56 Å². The molecule has 11 heteroatoms. The van der Waals surface area contributed by atoms with E-state index >= 15 is 0 Å². The summed E-state index contributed by atoms with van der Waals surface area (Å²) in [5, 5.41) is 13.6. The Morgan fingerprint density at radius 1 is 1.18 bits per heavy atom. The minimum atomic E-state index is -0.943. The van der Waals surface area contributed by atoms with Crippen LogP contribution in [0.5, 0.6) is 5.75 Å². The maximum atomic E-state index is 13.3. The van der Waals surface area contributed by atoms with Crippen LogP contribution < -0.4 is 27.4 Å². The topological polar surface area (TPSA) is 173 Å². The van der Waals surface area contributed by atoms with Crippen molar-refractivity contribution in [3.05, 3.63) is 58.0 Å². The predicted octanol–water partition coefficient (Wildman–Crippen LogP) is 0.403. The Morgan fingerprint density at radius 3 is 2.44 bits per heavy atom. The van der Waals surface area contributed by atoms with Crippen LogP contribution in [0.2, 0.25) is 0 Å². The number of phenols is 1. The lowest BCUT2D eigenvalue weighted by Gasteiger charge is -2.29. The summed E-state index contributed by atoms with van der Waals surface area (Å²) in [4.78, 5) is 53.2. The second kappa shape index (κ2) is 12.2. The number of carbonyl (C=O) groups excluding carboxylic acids is 3. The third-order valence-electron chi connectivity index (χ3n) is 5.09. The number of nitrogens with one attached hydrogen (secondary N) is 1. The zero-order chi connectivity index (χ0) is 25.3. The number of aromatic nitrogens is 1. The summed E-state index contributed by atoms with van der Waals surface area (Å²) in [7, 11) is 0. The van der Waals surface area contributed by atoms with Crippen LogP contribution in [-0.4, -0.2) is 46.4 Å². The molecule has 0 unspecified atom stereocenters. The van der Waals surface area contributed by atoms with E-state index in [-0.39, 0.29) is 30.4 Å². The average molecular weight is 471 g/mol. The van der Waals surface area contributed by atoms with E-state index in [0.717, 1.165) is 9.69 Å². The second-order valence-corrected chi connectivity index (χ2v) is 7.69. The largest absolute Gasteiger partial charge is 0.508 e. The number of hydrogen-bond acceptors (Lipinski definition) is 6. The molecule has 0 aliphatic rings. The monoisotopic (exact) mass is 470 g/mol. The molecule has 34 heavy (non-hydrogen) atoms. The Hall–Kier alpha value is -4.15. The molecule has 2 amide bonds. The van der Waals surface area contributed by atoms with Crippen molar-refractivity contribution in [2.75, 3.05) is 16.9 Å². The van der Waals surface area contributed by atoms with Gasteiger partial charge in [-0.05, 0) is 48.9 Å². The number of para-hydroxylation sites is 1. The van der Waals surface area contributed by atoms with Crippen LogP contribution in [0.1, 0.15) is 37.8 Å². The zero-order valence-electron chi connectivity index (χ0n) is 19.2. The van der Waals surface area contributed by atoms with Crippen molar-refractivity contribution in [2.24, 2.45) is 16.5 Å². The Morgan fingerprint density at radius 2 is 1.85 bits per heavy atom. The molecule has 1 atom stereocenters. The molecule has 2 rings (SSSR count). The van der Waals surface area contributed by atoms with E-state index in [1.165, 1.54) is 20.0 Å². The number of aryl methyl sites for hydroxylation is 2. The van der Waals surface area contributed by atoms with Crippen LogP contribution >= 0.6 is 0 Å². The van der Waals surface area contributed by atoms with Gasteiger partial charge >= 0.3 is 0 Å². The molecule has 0 aliphatic heterocycles. The number of aromatic hydroxyl groups is 1. The standard InChI is InChI=1S/C23H30N6O5/c1-15(31)27-21-18(10-9-17-6-3-4-8-20(17)33)11-13-28(22(21)34)29(16(2)32)19(14-30)7-5-12-26-23(24)25/h3-4,6,8,11,13-14,19,33H,5,7,9-10,12H2,1-2H3,(H,27,31)(H4,24,25,26)/t19-/m0/s1. The van der Waals surface area contributed by atoms with Crippen molar-refractivity contribution in [1.82, 2.24) is 4.68 Å². The van der Waals surface area contributed by atoms with E-state index in [1.807, 2.05) is 0 Å². The number of aliphatic imine (C=N–C) groups is 1. The highest BCUT2D eigenvalue weighted by Crippen LogP contribution is 2.20. The molecule has 0 saturated heterocycles. The Kier molecular flexibility index (Phi) is 9.36. The highest BCUT2D eigenvalue weighted by Gasteiger charge is 2.25. The fraction of sp³-hybridized carbons (Fsp3) is 0.348. The van der Waals surface area contributed by atoms with Gasteiger partial charge < -0.3 is 26.7 Å². The minimum Gasteiger partial charge on any atom is -0.508 e. The number of guanidine groups is 1. The molecule has 0 radical (unpaired) electrons. The van der Waals surface area contributed by atoms with Crippen molar-refractivity contribution >= 4 is 29.7 Å². The molecular formula is C23H30N6O5. The molecule has 11 nitrogen and oxygen atoms in total. The number of rotatable bonds is 11. The minimum absolute atomic E-state index is 0.00169. The van der Waals surface area contributed by atoms with Gasteiger partial charge in [-0.25, -0.2) is 9.69 Å². The lowest BCUT2D eigenvalue weighted by atomic mass is 10.0. The lowest BCUT2D eigenvalue weighted by Crippen LogP contribution is -2.52. The van der Waals surface area contributed by atoms with Crippen molar-refractivity contribution in [3.8, 4) is 5.75 Å². The van der Waals surface area contributed by atoms with E-state index in [0.29, 0.717) is 36.7 Å². The molecular weight excluding hydrogens is 440 g/mol. The van der Waals surface area contributed by atoms with Crippen molar-refractivity contribution < 1.29 is 19.5 Å². The SMILES string of the molecule is CC(=O)Nc1c(CCc2ccccc2O)ccn(N(C(C)=O)[C@H](C=O)CCCN=C(N)N)c1=O. The molecule has 0 aliphatic carbocycles. The molecule has 0 spiro atoms. The molecule has 2 aromatic rings. The van der Waals surface area contributed by atoms with Gasteiger partial charge in [0.15, 0.2) is 5.96 Å². The van der Waals surface area contributed by atoms with Gasteiger partial charge in [-0.15, -0.1) is 0 Å². The summed E-state index contributed by atoms with van der Waals surface area (Å²) in [5.74, 6) is -0.940. The molecule has 0 bridgehead atoms. The molecule has 1 aromatic heterocycles. The summed E-state index contributed by atoms with van der Waals surface area (Å²) in [6.45, 7) is 2.77. The van der Waals surface area contributed by atoms with Gasteiger partial charge in [-0.1, -0.05) is 18.2 Å². The number of carbonyl (C=O) groups is 3. The van der Waals surface area contributed by atoms with Crippen LogP contribution in [0.25, 0.3) is 0 Å². The first-order valence-electron chi connectivity index (χ1n) is 10.8. The molecule has 1 heterocycles. The molecule has 0 saturated carbocycles. The van der Waals surface area contributed by atoms with Crippen molar-refractivity contribution in [1.29, 1.82) is 0 Å². The van der Waals surface area contributed by atoms with Gasteiger partial charge in [-0.3, -0.25) is 19.4 Å². The second-order valence-electron chi connectivity index (χ2n) is 7.69. The Balaban J connectivity index is 2.40. The first kappa shape index (κ1) is 26.1. The van der Waals surface area contributed by atoms with Gasteiger partial charge in [0.1, 0.15) is 23.8 Å². The molecule has 6 N–H and O–H groups in total. The zero-order valence-corrected chi connectivity index (χ0v) is 19.2. The van der Waals surface area contributed by atoms with Crippen LogP contribution in [0.4, 0.5) is 5.69 Å². The number of benzene rings is 1. The maximum absolute atomic E-state index is 13.3. The highest BCUT2D eigenvalue weighted by molar-refractivity contribution is 5.90. The summed E-state index contributed by atoms with van der Waals surface area (Å²) < 4.78 is 1.02. The number of phenolic OH excluding ortho intramolecular Hbond substituents is 1. The summed E-state index contributed by atoms with van der Waals surface area (Å²) >= 11 is 0. The smallest absolute Gasteiger partial charge is 0.293 e. The number of nitrogens with two attached hydrogens (primary N) is 2. The number of pyridine rings is 1. The number of anilines is 1. The third-order valence-corrected chi connectivity index (χ3v) is 5.09. The van der Waals surface area contributed by atoms with E-state index in [9.17, 15) is 24.3 Å². The van der Waals surface area contributed by atoms with E-state index in [2.05, 4.69) is 10.3 Å². The normalized spacial score (nSPS) is 11.4. The van der Waals surface area contributed by atoms with Gasteiger partial charge in [-0.2, -0.15) is 0 Å². The van der Waals surface area contributed by atoms with E-state index in [4.69, 9.17) is 11.5 Å². The predicted molar refractivity (Wildman–Crippen MR) is 129 cm³/mol. The first-order valence-corrected chi connectivity index (χ1v) is 10.8. The number of nitrogens with zero attached hydrogens (tertiary/aromatic N) is 3. The quantitative estimate of drug-likeness (QED) is 0.159. The highest BCUT2D eigenvalue weighted by atomic mass is 16.3. The average Bonchev–Trinajstić information content (AvgIpc) is 2.77. The number of amides is 2. The van der Waals surface area contributed by atoms with Crippen molar-refractivity contribution in [3.63, 3.8) is 0 Å². The third kappa shape index (κ3) is 6.92. The van der Waals surface area contributed by atoms with Gasteiger partial charge in [0, 0.05) is 26.6 Å². The molecule has 182 valence electrons. The molecule has 0 fully saturated rings. The number of aldehydes is 1. The van der Waals surface area contributed by atoms with Crippen LogP contribution in [0.15, 0.2) is 46.3 Å². The van der Waals surface area contributed by atoms with E-state index < -0.39 is 23.4 Å².